The van der Waals surface area contributed by atoms with Gasteiger partial charge in [-0.1, -0.05) is 6.07 Å². The molecule has 0 radical (unpaired) electrons. The zero-order chi connectivity index (χ0) is 14.3. The number of ether oxygens (including phenoxy) is 1. The average Bonchev–Trinajstić information content (AvgIpc) is 2.38. The van der Waals surface area contributed by atoms with E-state index in [2.05, 4.69) is 25.2 Å². The molecule has 0 fully saturated rings. The summed E-state index contributed by atoms with van der Waals surface area (Å²) in [4.78, 5) is 10.8. The van der Waals surface area contributed by atoms with E-state index >= 15 is 0 Å². The molecule has 0 saturated heterocycles. The van der Waals surface area contributed by atoms with Gasteiger partial charge in [-0.2, -0.15) is 0 Å². The molecule has 0 bridgehead atoms. The fourth-order valence-corrected chi connectivity index (χ4v) is 2.15. The summed E-state index contributed by atoms with van der Waals surface area (Å²) in [5, 5.41) is 3.38. The molecule has 3 heteroatoms. The monoisotopic (exact) mass is 263 g/mol. The van der Waals surface area contributed by atoms with E-state index < -0.39 is 0 Å². The molecule has 0 unspecified atom stereocenters. The Bertz CT molecular complexity index is 427. The normalized spacial score (nSPS) is 10.5. The van der Waals surface area contributed by atoms with Crippen LogP contribution in [0, 0.1) is 13.8 Å². The van der Waals surface area contributed by atoms with Crippen LogP contribution < -0.4 is 10.1 Å². The van der Waals surface area contributed by atoms with Gasteiger partial charge in [0.05, 0.1) is 7.11 Å². The molecule has 0 aromatic heterocycles. The van der Waals surface area contributed by atoms with E-state index in [1.54, 1.807) is 14.0 Å². The Hall–Kier alpha value is -1.35. The Kier molecular flexibility index (Phi) is 6.57. The molecular formula is C16H25NO2. The lowest BCUT2D eigenvalue weighted by Crippen LogP contribution is -2.19. The SMILES string of the molecule is COc1ccc(CCNCCCC(C)=O)c(C)c1C. The van der Waals surface area contributed by atoms with Gasteiger partial charge in [0, 0.05) is 6.42 Å². The third kappa shape index (κ3) is 5.03. The summed E-state index contributed by atoms with van der Waals surface area (Å²) in [5.74, 6) is 1.22. The van der Waals surface area contributed by atoms with Gasteiger partial charge in [0.2, 0.25) is 0 Å². The zero-order valence-corrected chi connectivity index (χ0v) is 12.5. The Balaban J connectivity index is 2.38. The zero-order valence-electron chi connectivity index (χ0n) is 12.5. The van der Waals surface area contributed by atoms with Crippen LogP contribution in [0.2, 0.25) is 0 Å². The lowest BCUT2D eigenvalue weighted by Gasteiger charge is -2.13. The number of carbonyl (C=O) groups is 1. The second kappa shape index (κ2) is 7.95. The van der Waals surface area contributed by atoms with Gasteiger partial charge in [-0.05, 0) is 69.5 Å². The topological polar surface area (TPSA) is 38.3 Å². The van der Waals surface area contributed by atoms with Crippen molar-refractivity contribution in [2.24, 2.45) is 0 Å². The second-order valence-corrected chi connectivity index (χ2v) is 4.98. The lowest BCUT2D eigenvalue weighted by atomic mass is 10.00. The molecule has 19 heavy (non-hydrogen) atoms. The Labute approximate surface area is 116 Å². The molecule has 0 amide bonds. The first-order chi connectivity index (χ1) is 9.06. The third-order valence-corrected chi connectivity index (χ3v) is 3.52. The van der Waals surface area contributed by atoms with E-state index in [1.165, 1.54) is 16.7 Å². The van der Waals surface area contributed by atoms with E-state index in [1.807, 2.05) is 6.07 Å². The van der Waals surface area contributed by atoms with Crippen LogP contribution in [0.5, 0.6) is 5.75 Å². The van der Waals surface area contributed by atoms with Crippen molar-refractivity contribution in [3.8, 4) is 5.75 Å². The number of hydrogen-bond donors (Lipinski definition) is 1. The summed E-state index contributed by atoms with van der Waals surface area (Å²) in [7, 11) is 1.71. The van der Waals surface area contributed by atoms with Crippen molar-refractivity contribution in [1.82, 2.24) is 5.32 Å². The van der Waals surface area contributed by atoms with Gasteiger partial charge in [0.1, 0.15) is 11.5 Å². The van der Waals surface area contributed by atoms with E-state index in [9.17, 15) is 4.79 Å². The van der Waals surface area contributed by atoms with Crippen LogP contribution in [0.3, 0.4) is 0 Å². The van der Waals surface area contributed by atoms with E-state index in [0.717, 1.165) is 31.7 Å². The number of hydrogen-bond acceptors (Lipinski definition) is 3. The summed E-state index contributed by atoms with van der Waals surface area (Å²) >= 11 is 0. The molecule has 106 valence electrons. The average molecular weight is 263 g/mol. The van der Waals surface area contributed by atoms with Crippen molar-refractivity contribution in [3.05, 3.63) is 28.8 Å². The van der Waals surface area contributed by atoms with Crippen LogP contribution in [-0.4, -0.2) is 26.0 Å². The quantitative estimate of drug-likeness (QED) is 0.733. The molecule has 1 aromatic carbocycles. The van der Waals surface area contributed by atoms with Gasteiger partial charge >= 0.3 is 0 Å². The van der Waals surface area contributed by atoms with Gasteiger partial charge in [0.25, 0.3) is 0 Å². The minimum atomic E-state index is 0.267. The molecule has 0 aliphatic heterocycles. The van der Waals surface area contributed by atoms with Gasteiger partial charge in [-0.15, -0.1) is 0 Å². The minimum Gasteiger partial charge on any atom is -0.496 e. The van der Waals surface area contributed by atoms with E-state index in [-0.39, 0.29) is 5.78 Å². The highest BCUT2D eigenvalue weighted by atomic mass is 16.5. The second-order valence-electron chi connectivity index (χ2n) is 4.98. The fourth-order valence-electron chi connectivity index (χ4n) is 2.15. The number of benzene rings is 1. The van der Waals surface area contributed by atoms with E-state index in [4.69, 9.17) is 4.74 Å². The smallest absolute Gasteiger partial charge is 0.129 e. The van der Waals surface area contributed by atoms with Crippen LogP contribution in [0.4, 0.5) is 0 Å². The van der Waals surface area contributed by atoms with Crippen molar-refractivity contribution < 1.29 is 9.53 Å². The number of nitrogens with one attached hydrogen (secondary N) is 1. The van der Waals surface area contributed by atoms with Crippen LogP contribution in [0.15, 0.2) is 12.1 Å². The van der Waals surface area contributed by atoms with Crippen LogP contribution in [0.25, 0.3) is 0 Å². The molecule has 1 rings (SSSR count). The summed E-state index contributed by atoms with van der Waals surface area (Å²) in [5.41, 5.74) is 3.89. The molecule has 0 saturated carbocycles. The first-order valence-corrected chi connectivity index (χ1v) is 6.89. The summed E-state index contributed by atoms with van der Waals surface area (Å²) in [6.07, 6.45) is 2.61. The minimum absolute atomic E-state index is 0.267. The maximum absolute atomic E-state index is 10.8. The molecule has 0 atom stereocenters. The van der Waals surface area contributed by atoms with Crippen molar-refractivity contribution in [2.75, 3.05) is 20.2 Å². The van der Waals surface area contributed by atoms with Gasteiger partial charge in [-0.25, -0.2) is 0 Å². The standard InChI is InChI=1S/C16H25NO2/c1-12(18)6-5-10-17-11-9-15-7-8-16(19-4)14(3)13(15)2/h7-8,17H,5-6,9-11H2,1-4H3. The Morgan fingerprint density at radius 3 is 2.58 bits per heavy atom. The largest absolute Gasteiger partial charge is 0.496 e. The van der Waals surface area contributed by atoms with Gasteiger partial charge in [-0.3, -0.25) is 0 Å². The highest BCUT2D eigenvalue weighted by Gasteiger charge is 2.06. The first kappa shape index (κ1) is 15.7. The predicted octanol–water partition coefficient (Wildman–Crippen LogP) is 2.81. The highest BCUT2D eigenvalue weighted by Crippen LogP contribution is 2.23. The molecule has 0 heterocycles. The maximum Gasteiger partial charge on any atom is 0.129 e. The van der Waals surface area contributed by atoms with Gasteiger partial charge < -0.3 is 14.8 Å². The van der Waals surface area contributed by atoms with Gasteiger partial charge in [0.15, 0.2) is 0 Å². The van der Waals surface area contributed by atoms with Crippen molar-refractivity contribution in [2.45, 2.75) is 40.0 Å². The fraction of sp³-hybridized carbons (Fsp3) is 0.562. The summed E-state index contributed by atoms with van der Waals surface area (Å²) < 4.78 is 5.31. The van der Waals surface area contributed by atoms with E-state index in [0.29, 0.717) is 6.42 Å². The lowest BCUT2D eigenvalue weighted by molar-refractivity contribution is -0.117. The molecular weight excluding hydrogens is 238 g/mol. The number of methoxy groups -OCH3 is 1. The number of Topliss-reactive ketones (excluding diaryl/α,β-unsaturated/α-hetero) is 1. The molecule has 1 N–H and O–H groups in total. The molecule has 0 spiro atoms. The number of ketones is 1. The van der Waals surface area contributed by atoms with Crippen LogP contribution >= 0.6 is 0 Å². The number of rotatable bonds is 8. The van der Waals surface area contributed by atoms with Crippen LogP contribution in [0.1, 0.15) is 36.5 Å². The molecule has 0 aliphatic rings. The van der Waals surface area contributed by atoms with Crippen LogP contribution in [-0.2, 0) is 11.2 Å². The highest BCUT2D eigenvalue weighted by molar-refractivity contribution is 5.75. The molecule has 3 nitrogen and oxygen atoms in total. The summed E-state index contributed by atoms with van der Waals surface area (Å²) in [6, 6.07) is 4.17. The predicted molar refractivity (Wildman–Crippen MR) is 79.0 cm³/mol. The Morgan fingerprint density at radius 2 is 1.95 bits per heavy atom. The van der Waals surface area contributed by atoms with Crippen molar-refractivity contribution in [3.63, 3.8) is 0 Å². The third-order valence-electron chi connectivity index (χ3n) is 3.52. The maximum atomic E-state index is 10.8. The number of carbonyl (C=O) groups excluding carboxylic acids is 1. The van der Waals surface area contributed by atoms with Crippen molar-refractivity contribution in [1.29, 1.82) is 0 Å². The first-order valence-electron chi connectivity index (χ1n) is 6.89. The molecule has 1 aromatic rings. The molecule has 0 aliphatic carbocycles. The summed E-state index contributed by atoms with van der Waals surface area (Å²) in [6.45, 7) is 7.74. The Morgan fingerprint density at radius 1 is 1.21 bits per heavy atom. The van der Waals surface area contributed by atoms with Crippen molar-refractivity contribution >= 4 is 5.78 Å².